The molecule has 0 aliphatic heterocycles. The molecule has 0 N–H and O–H groups in total. The summed E-state index contributed by atoms with van der Waals surface area (Å²) in [6.07, 6.45) is 0. The van der Waals surface area contributed by atoms with Crippen molar-refractivity contribution < 1.29 is 9.53 Å². The number of hydrogen-bond acceptors (Lipinski definition) is 4. The number of carbonyl (C=O) groups excluding carboxylic acids is 1. The molecule has 0 unspecified atom stereocenters. The molecule has 0 radical (unpaired) electrons. The average molecular weight is 326 g/mol. The Bertz CT molecular complexity index is 563. The molecule has 0 spiro atoms. The van der Waals surface area contributed by atoms with E-state index < -0.39 is 0 Å². The average Bonchev–Trinajstić information content (AvgIpc) is 2.73. The van der Waals surface area contributed by atoms with Gasteiger partial charge in [-0.25, -0.2) is 9.78 Å². The Morgan fingerprint density at radius 1 is 1.39 bits per heavy atom. The Hall–Kier alpha value is -1.20. The maximum Gasteiger partial charge on any atom is 0.350 e. The van der Waals surface area contributed by atoms with Crippen molar-refractivity contribution >= 4 is 33.2 Å². The molecule has 94 valence electrons. The van der Waals surface area contributed by atoms with Crippen LogP contribution in [0.5, 0.6) is 0 Å². The zero-order valence-electron chi connectivity index (χ0n) is 10.1. The van der Waals surface area contributed by atoms with Crippen LogP contribution < -0.4 is 0 Å². The second-order valence-electron chi connectivity index (χ2n) is 3.64. The summed E-state index contributed by atoms with van der Waals surface area (Å²) < 4.78 is 6.05. The number of nitrogens with zero attached hydrogens (tertiary/aromatic N) is 1. The van der Waals surface area contributed by atoms with Crippen molar-refractivity contribution in [1.82, 2.24) is 4.98 Å². The minimum Gasteiger partial charge on any atom is -0.462 e. The number of benzene rings is 1. The highest BCUT2D eigenvalue weighted by Crippen LogP contribution is 2.29. The van der Waals surface area contributed by atoms with Gasteiger partial charge in [0.15, 0.2) is 0 Å². The van der Waals surface area contributed by atoms with Gasteiger partial charge in [-0.2, -0.15) is 0 Å². The van der Waals surface area contributed by atoms with Gasteiger partial charge in [0.05, 0.1) is 17.3 Å². The zero-order valence-corrected chi connectivity index (χ0v) is 12.5. The van der Waals surface area contributed by atoms with Crippen molar-refractivity contribution in [2.45, 2.75) is 13.8 Å². The van der Waals surface area contributed by atoms with Crippen molar-refractivity contribution in [2.24, 2.45) is 0 Å². The van der Waals surface area contributed by atoms with Gasteiger partial charge < -0.3 is 4.74 Å². The SMILES string of the molecule is CCOC(=O)c1sc(C)nc1-c1ccc(Br)cc1. The zero-order chi connectivity index (χ0) is 13.1. The molecule has 0 aliphatic carbocycles. The molecule has 0 aliphatic rings. The third-order valence-corrected chi connectivity index (χ3v) is 3.79. The van der Waals surface area contributed by atoms with Crippen molar-refractivity contribution in [3.8, 4) is 11.3 Å². The first-order valence-corrected chi connectivity index (χ1v) is 7.13. The number of carbonyl (C=O) groups is 1. The number of ether oxygens (including phenoxy) is 1. The number of halogens is 1. The first-order valence-electron chi connectivity index (χ1n) is 5.52. The third-order valence-electron chi connectivity index (χ3n) is 2.31. The number of rotatable bonds is 3. The highest BCUT2D eigenvalue weighted by Gasteiger charge is 2.18. The van der Waals surface area contributed by atoms with Crippen LogP contribution in [0.1, 0.15) is 21.6 Å². The molecule has 0 saturated heterocycles. The number of aromatic nitrogens is 1. The van der Waals surface area contributed by atoms with Gasteiger partial charge in [0.2, 0.25) is 0 Å². The van der Waals surface area contributed by atoms with Crippen molar-refractivity contribution in [3.63, 3.8) is 0 Å². The van der Waals surface area contributed by atoms with E-state index in [0.29, 0.717) is 17.2 Å². The van der Waals surface area contributed by atoms with Gasteiger partial charge in [0.25, 0.3) is 0 Å². The van der Waals surface area contributed by atoms with Crippen molar-refractivity contribution in [1.29, 1.82) is 0 Å². The van der Waals surface area contributed by atoms with Gasteiger partial charge in [-0.05, 0) is 26.0 Å². The number of thiazole rings is 1. The van der Waals surface area contributed by atoms with Crippen LogP contribution in [0.4, 0.5) is 0 Å². The van der Waals surface area contributed by atoms with Gasteiger partial charge >= 0.3 is 5.97 Å². The molecule has 1 aromatic carbocycles. The number of aryl methyl sites for hydroxylation is 1. The highest BCUT2D eigenvalue weighted by molar-refractivity contribution is 9.10. The molecule has 0 fully saturated rings. The van der Waals surface area contributed by atoms with Crippen molar-refractivity contribution in [2.75, 3.05) is 6.61 Å². The predicted octanol–water partition coefficient (Wildman–Crippen LogP) is 4.06. The Kier molecular flexibility index (Phi) is 4.14. The van der Waals surface area contributed by atoms with Crippen LogP contribution in [0.2, 0.25) is 0 Å². The molecule has 1 aromatic heterocycles. The lowest BCUT2D eigenvalue weighted by Gasteiger charge is -2.02. The molecule has 0 atom stereocenters. The van der Waals surface area contributed by atoms with E-state index in [4.69, 9.17) is 4.74 Å². The molecular formula is C13H12BrNO2S. The van der Waals surface area contributed by atoms with E-state index in [-0.39, 0.29) is 5.97 Å². The molecular weight excluding hydrogens is 314 g/mol. The summed E-state index contributed by atoms with van der Waals surface area (Å²) in [6.45, 7) is 4.05. The lowest BCUT2D eigenvalue weighted by atomic mass is 10.1. The minimum absolute atomic E-state index is 0.305. The highest BCUT2D eigenvalue weighted by atomic mass is 79.9. The van der Waals surface area contributed by atoms with Crippen LogP contribution >= 0.6 is 27.3 Å². The van der Waals surface area contributed by atoms with Gasteiger partial charge in [-0.15, -0.1) is 11.3 Å². The van der Waals surface area contributed by atoms with Crippen molar-refractivity contribution in [3.05, 3.63) is 38.6 Å². The molecule has 5 heteroatoms. The van der Waals surface area contributed by atoms with Gasteiger partial charge in [-0.3, -0.25) is 0 Å². The fourth-order valence-corrected chi connectivity index (χ4v) is 2.66. The lowest BCUT2D eigenvalue weighted by molar-refractivity contribution is 0.0532. The quantitative estimate of drug-likeness (QED) is 0.799. The molecule has 2 aromatic rings. The summed E-state index contributed by atoms with van der Waals surface area (Å²) in [5, 5.41) is 0.857. The second-order valence-corrected chi connectivity index (χ2v) is 5.76. The Labute approximate surface area is 118 Å². The third kappa shape index (κ3) is 2.79. The topological polar surface area (TPSA) is 39.2 Å². The smallest absolute Gasteiger partial charge is 0.350 e. The fraction of sp³-hybridized carbons (Fsp3) is 0.231. The fourth-order valence-electron chi connectivity index (χ4n) is 1.57. The first kappa shape index (κ1) is 13.2. The van der Waals surface area contributed by atoms with Crippen LogP contribution in [-0.4, -0.2) is 17.6 Å². The van der Waals surface area contributed by atoms with E-state index in [0.717, 1.165) is 15.0 Å². The molecule has 2 rings (SSSR count). The summed E-state index contributed by atoms with van der Waals surface area (Å²) in [4.78, 5) is 16.8. The van der Waals surface area contributed by atoms with Gasteiger partial charge in [0.1, 0.15) is 4.88 Å². The Morgan fingerprint density at radius 2 is 2.06 bits per heavy atom. The van der Waals surface area contributed by atoms with Gasteiger partial charge in [-0.1, -0.05) is 28.1 Å². The lowest BCUT2D eigenvalue weighted by Crippen LogP contribution is -2.03. The minimum atomic E-state index is -0.305. The van der Waals surface area contributed by atoms with Crippen LogP contribution in [0.15, 0.2) is 28.7 Å². The summed E-state index contributed by atoms with van der Waals surface area (Å²) in [5.74, 6) is -0.305. The standard InChI is InChI=1S/C13H12BrNO2S/c1-3-17-13(16)12-11(15-8(2)18-12)9-4-6-10(14)7-5-9/h4-7H,3H2,1-2H3. The monoisotopic (exact) mass is 325 g/mol. The van der Waals surface area contributed by atoms with E-state index in [1.165, 1.54) is 11.3 Å². The summed E-state index contributed by atoms with van der Waals surface area (Å²) in [6, 6.07) is 7.72. The predicted molar refractivity (Wildman–Crippen MR) is 75.9 cm³/mol. The van der Waals surface area contributed by atoms with Crippen LogP contribution in [0.3, 0.4) is 0 Å². The second kappa shape index (κ2) is 5.63. The van der Waals surface area contributed by atoms with E-state index in [1.54, 1.807) is 6.92 Å². The summed E-state index contributed by atoms with van der Waals surface area (Å²) in [5.41, 5.74) is 1.62. The molecule has 0 bridgehead atoms. The first-order chi connectivity index (χ1) is 8.61. The molecule has 0 saturated carbocycles. The van der Waals surface area contributed by atoms with Gasteiger partial charge in [0, 0.05) is 10.0 Å². The normalized spacial score (nSPS) is 10.4. The molecule has 3 nitrogen and oxygen atoms in total. The summed E-state index contributed by atoms with van der Waals surface area (Å²) in [7, 11) is 0. The van der Waals surface area contributed by atoms with Crippen LogP contribution in [0.25, 0.3) is 11.3 Å². The Balaban J connectivity index is 2.44. The Morgan fingerprint density at radius 3 is 2.67 bits per heavy atom. The molecule has 1 heterocycles. The van der Waals surface area contributed by atoms with Crippen LogP contribution in [-0.2, 0) is 4.74 Å². The summed E-state index contributed by atoms with van der Waals surface area (Å²) >= 11 is 4.75. The maximum absolute atomic E-state index is 11.9. The van der Waals surface area contributed by atoms with Crippen LogP contribution in [0, 0.1) is 6.92 Å². The molecule has 0 amide bonds. The largest absolute Gasteiger partial charge is 0.462 e. The number of esters is 1. The van der Waals surface area contributed by atoms with E-state index in [1.807, 2.05) is 31.2 Å². The van der Waals surface area contributed by atoms with E-state index >= 15 is 0 Å². The molecule has 18 heavy (non-hydrogen) atoms. The number of hydrogen-bond donors (Lipinski definition) is 0. The van der Waals surface area contributed by atoms with E-state index in [2.05, 4.69) is 20.9 Å². The van der Waals surface area contributed by atoms with E-state index in [9.17, 15) is 4.79 Å². The maximum atomic E-state index is 11.9.